The molecule has 7 nitrogen and oxygen atoms in total. The minimum Gasteiger partial charge on any atom is -0.355 e. The average Bonchev–Trinajstić information content (AvgIpc) is 2.75. The van der Waals surface area contributed by atoms with E-state index in [2.05, 4.69) is 21.2 Å². The van der Waals surface area contributed by atoms with Gasteiger partial charge in [0.15, 0.2) is 0 Å². The predicted octanol–water partition coefficient (Wildman–Crippen LogP) is 4.51. The maximum absolute atomic E-state index is 13.2. The number of carbonyl (C=O) groups excluding carboxylic acids is 2. The number of amides is 2. The maximum atomic E-state index is 13.2. The molecule has 0 spiro atoms. The van der Waals surface area contributed by atoms with E-state index in [0.717, 1.165) is 21.9 Å². The first-order valence-electron chi connectivity index (χ1n) is 11.0. The van der Waals surface area contributed by atoms with Crippen molar-refractivity contribution in [3.8, 4) is 0 Å². The van der Waals surface area contributed by atoms with Gasteiger partial charge in [0.25, 0.3) is 0 Å². The Bertz CT molecular complexity index is 1130. The molecule has 2 amide bonds. The van der Waals surface area contributed by atoms with Gasteiger partial charge >= 0.3 is 0 Å². The Morgan fingerprint density at radius 2 is 1.88 bits per heavy atom. The van der Waals surface area contributed by atoms with Crippen LogP contribution in [0, 0.1) is 6.92 Å². The second kappa shape index (κ2) is 12.6. The van der Waals surface area contributed by atoms with Crippen LogP contribution in [-0.4, -0.2) is 50.5 Å². The fraction of sp³-hybridized carbons (Fsp3) is 0.417. The van der Waals surface area contributed by atoms with Crippen molar-refractivity contribution < 1.29 is 18.0 Å². The van der Waals surface area contributed by atoms with Gasteiger partial charge in [-0.25, -0.2) is 8.42 Å². The van der Waals surface area contributed by atoms with E-state index in [-0.39, 0.29) is 37.7 Å². The van der Waals surface area contributed by atoms with Crippen molar-refractivity contribution in [1.29, 1.82) is 0 Å². The third kappa shape index (κ3) is 7.99. The van der Waals surface area contributed by atoms with Crippen LogP contribution in [-0.2, 0) is 26.2 Å². The van der Waals surface area contributed by atoms with E-state index in [4.69, 9.17) is 11.6 Å². The molecule has 34 heavy (non-hydrogen) atoms. The lowest BCUT2D eigenvalue weighted by molar-refractivity contribution is -0.140. The normalized spacial score (nSPS) is 12.2. The zero-order valence-electron chi connectivity index (χ0n) is 19.8. The van der Waals surface area contributed by atoms with Crippen LogP contribution in [0.25, 0.3) is 0 Å². The lowest BCUT2D eigenvalue weighted by atomic mass is 10.1. The number of likely N-dealkylation sites (N-methyl/N-ethyl adjacent to an activating group) is 1. The van der Waals surface area contributed by atoms with Gasteiger partial charge in [-0.15, -0.1) is 0 Å². The Hall–Kier alpha value is -2.10. The largest absolute Gasteiger partial charge is 0.355 e. The van der Waals surface area contributed by atoms with Gasteiger partial charge in [-0.2, -0.15) is 0 Å². The quantitative estimate of drug-likeness (QED) is 0.429. The lowest BCUT2D eigenvalue weighted by Crippen LogP contribution is -2.47. The maximum Gasteiger partial charge on any atom is 0.242 e. The number of benzene rings is 2. The molecular weight excluding hydrogens is 542 g/mol. The average molecular weight is 573 g/mol. The summed E-state index contributed by atoms with van der Waals surface area (Å²) in [5.74, 6) is -0.465. The number of nitrogens with one attached hydrogen (secondary N) is 1. The third-order valence-corrected chi connectivity index (χ3v) is 7.26. The summed E-state index contributed by atoms with van der Waals surface area (Å²) in [6.45, 7) is 6.17. The molecule has 1 atom stereocenters. The molecule has 0 aromatic heterocycles. The molecule has 1 N–H and O–H groups in total. The molecule has 0 saturated carbocycles. The second-order valence-electron chi connectivity index (χ2n) is 8.09. The number of halogens is 2. The molecule has 0 aliphatic rings. The van der Waals surface area contributed by atoms with E-state index in [1.54, 1.807) is 25.1 Å². The van der Waals surface area contributed by atoms with Crippen molar-refractivity contribution in [3.05, 3.63) is 63.1 Å². The smallest absolute Gasteiger partial charge is 0.242 e. The molecule has 2 aromatic rings. The highest BCUT2D eigenvalue weighted by molar-refractivity contribution is 9.10. The van der Waals surface area contributed by atoms with Gasteiger partial charge in [-0.1, -0.05) is 45.7 Å². The van der Waals surface area contributed by atoms with Gasteiger partial charge in [0, 0.05) is 35.6 Å². The van der Waals surface area contributed by atoms with Crippen molar-refractivity contribution in [2.45, 2.75) is 46.2 Å². The number of carbonyl (C=O) groups is 2. The molecule has 0 aliphatic heterocycles. The molecule has 0 unspecified atom stereocenters. The Kier molecular flexibility index (Phi) is 10.4. The Morgan fingerprint density at radius 3 is 2.50 bits per heavy atom. The van der Waals surface area contributed by atoms with Gasteiger partial charge in [-0.05, 0) is 62.6 Å². The van der Waals surface area contributed by atoms with Crippen molar-refractivity contribution in [1.82, 2.24) is 10.2 Å². The van der Waals surface area contributed by atoms with E-state index in [0.29, 0.717) is 17.3 Å². The summed E-state index contributed by atoms with van der Waals surface area (Å²) in [6.07, 6.45) is 1.50. The van der Waals surface area contributed by atoms with Crippen LogP contribution in [0.1, 0.15) is 37.8 Å². The topological polar surface area (TPSA) is 86.8 Å². The first-order chi connectivity index (χ1) is 15.9. The molecule has 0 aliphatic carbocycles. The van der Waals surface area contributed by atoms with Crippen LogP contribution < -0.4 is 9.62 Å². The fourth-order valence-electron chi connectivity index (χ4n) is 3.57. The number of rotatable bonds is 11. The zero-order chi connectivity index (χ0) is 25.5. The van der Waals surface area contributed by atoms with Gasteiger partial charge < -0.3 is 10.2 Å². The van der Waals surface area contributed by atoms with Crippen LogP contribution >= 0.6 is 27.5 Å². The van der Waals surface area contributed by atoms with Crippen LogP contribution in [0.2, 0.25) is 5.02 Å². The number of sulfonamides is 1. The van der Waals surface area contributed by atoms with Crippen LogP contribution in [0.15, 0.2) is 46.9 Å². The van der Waals surface area contributed by atoms with Gasteiger partial charge in [0.05, 0.1) is 11.9 Å². The van der Waals surface area contributed by atoms with E-state index < -0.39 is 16.1 Å². The summed E-state index contributed by atoms with van der Waals surface area (Å²) in [5.41, 5.74) is 2.14. The van der Waals surface area contributed by atoms with Crippen LogP contribution in [0.4, 0.5) is 5.69 Å². The highest BCUT2D eigenvalue weighted by Gasteiger charge is 2.26. The first-order valence-corrected chi connectivity index (χ1v) is 14.0. The highest BCUT2D eigenvalue weighted by atomic mass is 79.9. The SMILES string of the molecule is CCNC(=O)[C@@H](C)N(Cc1cccc(Br)c1)C(=O)CCCN(c1cc(Cl)ccc1C)S(C)(=O)=O. The first kappa shape index (κ1) is 28.1. The highest BCUT2D eigenvalue weighted by Crippen LogP contribution is 2.27. The summed E-state index contributed by atoms with van der Waals surface area (Å²) in [6, 6.07) is 11.9. The van der Waals surface area contributed by atoms with Crippen molar-refractivity contribution in [3.63, 3.8) is 0 Å². The van der Waals surface area contributed by atoms with Gasteiger partial charge in [0.1, 0.15) is 6.04 Å². The molecular formula is C24H31BrClN3O4S. The molecule has 0 heterocycles. The molecule has 0 fully saturated rings. The summed E-state index contributed by atoms with van der Waals surface area (Å²) in [7, 11) is -3.59. The number of anilines is 1. The van der Waals surface area contributed by atoms with E-state index in [9.17, 15) is 18.0 Å². The number of hydrogen-bond donors (Lipinski definition) is 1. The Morgan fingerprint density at radius 1 is 1.18 bits per heavy atom. The molecule has 0 radical (unpaired) electrons. The summed E-state index contributed by atoms with van der Waals surface area (Å²) < 4.78 is 27.1. The molecule has 2 rings (SSSR count). The molecule has 2 aromatic carbocycles. The second-order valence-corrected chi connectivity index (χ2v) is 11.4. The van der Waals surface area contributed by atoms with Crippen LogP contribution in [0.5, 0.6) is 0 Å². The van der Waals surface area contributed by atoms with Crippen molar-refractivity contribution >= 4 is 55.1 Å². The number of aryl methyl sites for hydroxylation is 1. The molecule has 0 bridgehead atoms. The van der Waals surface area contributed by atoms with Crippen molar-refractivity contribution in [2.75, 3.05) is 23.7 Å². The fourth-order valence-corrected chi connectivity index (χ4v) is 5.20. The van der Waals surface area contributed by atoms with Crippen molar-refractivity contribution in [2.24, 2.45) is 0 Å². The molecule has 0 saturated heterocycles. The minimum atomic E-state index is -3.59. The lowest BCUT2D eigenvalue weighted by Gasteiger charge is -2.29. The summed E-state index contributed by atoms with van der Waals surface area (Å²) in [4.78, 5) is 27.2. The minimum absolute atomic E-state index is 0.0867. The Labute approximate surface area is 215 Å². The summed E-state index contributed by atoms with van der Waals surface area (Å²) in [5, 5.41) is 3.19. The zero-order valence-corrected chi connectivity index (χ0v) is 23.0. The number of nitrogens with zero attached hydrogens (tertiary/aromatic N) is 2. The molecule has 186 valence electrons. The Balaban J connectivity index is 2.19. The predicted molar refractivity (Wildman–Crippen MR) is 140 cm³/mol. The van der Waals surface area contributed by atoms with E-state index in [1.165, 1.54) is 9.21 Å². The van der Waals surface area contributed by atoms with E-state index >= 15 is 0 Å². The molecule has 10 heteroatoms. The van der Waals surface area contributed by atoms with E-state index in [1.807, 2.05) is 38.1 Å². The monoisotopic (exact) mass is 571 g/mol. The summed E-state index contributed by atoms with van der Waals surface area (Å²) >= 11 is 9.53. The van der Waals surface area contributed by atoms with Gasteiger partial charge in [0.2, 0.25) is 21.8 Å². The van der Waals surface area contributed by atoms with Gasteiger partial charge in [-0.3, -0.25) is 13.9 Å². The standard InChI is InChI=1S/C24H31BrClN3O4S/c1-5-27-24(31)18(3)28(16-19-8-6-9-20(25)14-19)23(30)10-7-13-29(34(4,32)33)22-15-21(26)12-11-17(22)2/h6,8-9,11-12,14-15,18H,5,7,10,13,16H2,1-4H3,(H,27,31)/t18-/m1/s1. The number of hydrogen-bond acceptors (Lipinski definition) is 4. The third-order valence-electron chi connectivity index (χ3n) is 5.35. The van der Waals surface area contributed by atoms with Crippen LogP contribution in [0.3, 0.4) is 0 Å².